The second-order valence-corrected chi connectivity index (χ2v) is 11.6. The largest absolute Gasteiger partial charge is 0.354 e. The molecule has 1 fully saturated rings. The number of amides is 1. The summed E-state index contributed by atoms with van der Waals surface area (Å²) in [5, 5.41) is 3.54. The van der Waals surface area contributed by atoms with Gasteiger partial charge in [0, 0.05) is 22.0 Å². The van der Waals surface area contributed by atoms with E-state index in [2.05, 4.69) is 43.1 Å². The van der Waals surface area contributed by atoms with Crippen LogP contribution in [0.15, 0.2) is 59.6 Å². The first-order valence-electron chi connectivity index (χ1n) is 10.9. The molecule has 4 rings (SSSR count). The third-order valence-corrected chi connectivity index (χ3v) is 7.88. The van der Waals surface area contributed by atoms with Gasteiger partial charge >= 0.3 is 0 Å². The first-order chi connectivity index (χ1) is 16.7. The van der Waals surface area contributed by atoms with Crippen LogP contribution >= 0.6 is 34.2 Å². The van der Waals surface area contributed by atoms with Gasteiger partial charge in [-0.3, -0.25) is 14.6 Å². The number of benzene rings is 2. The molecule has 3 N–H and O–H groups in total. The molecule has 35 heavy (non-hydrogen) atoms. The summed E-state index contributed by atoms with van der Waals surface area (Å²) in [6.45, 7) is 2.35. The van der Waals surface area contributed by atoms with Gasteiger partial charge in [-0.05, 0) is 96.3 Å². The van der Waals surface area contributed by atoms with Gasteiger partial charge in [0.25, 0.3) is 5.91 Å². The quantitative estimate of drug-likeness (QED) is 0.217. The summed E-state index contributed by atoms with van der Waals surface area (Å²) >= 11 is 8.51. The van der Waals surface area contributed by atoms with Crippen LogP contribution in [0.2, 0.25) is 5.02 Å². The Morgan fingerprint density at radius 2 is 1.97 bits per heavy atom. The minimum absolute atomic E-state index is 0.00127. The zero-order valence-electron chi connectivity index (χ0n) is 18.8. The number of pyridine rings is 1. The van der Waals surface area contributed by atoms with Crippen molar-refractivity contribution in [2.45, 2.75) is 31.2 Å². The van der Waals surface area contributed by atoms with Crippen LogP contribution in [0.25, 0.3) is 0 Å². The normalized spacial score (nSPS) is 13.5. The Hall–Kier alpha value is -2.25. The summed E-state index contributed by atoms with van der Waals surface area (Å²) in [4.78, 5) is 22.3. The first kappa shape index (κ1) is 25.8. The molecule has 1 saturated carbocycles. The number of anilines is 2. The Morgan fingerprint density at radius 1 is 1.17 bits per heavy atom. The highest BCUT2D eigenvalue weighted by Gasteiger charge is 2.23. The van der Waals surface area contributed by atoms with Crippen LogP contribution in [0, 0.1) is 16.4 Å². The Balaban J connectivity index is 1.60. The van der Waals surface area contributed by atoms with Gasteiger partial charge in [-0.2, -0.15) is 0 Å². The molecule has 0 saturated heterocycles. The second kappa shape index (κ2) is 11.2. The highest BCUT2D eigenvalue weighted by molar-refractivity contribution is 14.1. The number of nitrogens with zero attached hydrogens (tertiary/aromatic N) is 1. The van der Waals surface area contributed by atoms with Crippen molar-refractivity contribution in [1.29, 1.82) is 0 Å². The monoisotopic (exact) mass is 626 g/mol. The summed E-state index contributed by atoms with van der Waals surface area (Å²) in [6, 6.07) is 13.2. The molecule has 0 radical (unpaired) electrons. The number of hydroxylamine groups is 1. The summed E-state index contributed by atoms with van der Waals surface area (Å²) in [6.07, 6.45) is 3.83. The van der Waals surface area contributed by atoms with Crippen molar-refractivity contribution >= 4 is 61.5 Å². The standard InChI is InChI=1S/C24H24ClIN4O4S/c1-15-17(3-2-10-27-15)13-28-35(32,33)19-7-8-20(24(31)30-34-14-16-4-5-16)23(12-19)29-22-9-6-18(26)11-21(22)25/h2-3,6-12,16,28-29H,4-5,13-14H2,1H3,(H,30,31). The molecule has 0 bridgehead atoms. The molecule has 1 aromatic heterocycles. The molecule has 0 unspecified atom stereocenters. The molecular formula is C24H24ClIN4O4S. The van der Waals surface area contributed by atoms with E-state index in [-0.39, 0.29) is 22.7 Å². The fourth-order valence-corrected chi connectivity index (χ4v) is 5.19. The number of carbonyl (C=O) groups is 1. The number of hydrogen-bond donors (Lipinski definition) is 3. The molecule has 1 heterocycles. The predicted octanol–water partition coefficient (Wildman–Crippen LogP) is 4.94. The number of aromatic nitrogens is 1. The van der Waals surface area contributed by atoms with Crippen molar-refractivity contribution < 1.29 is 18.0 Å². The van der Waals surface area contributed by atoms with Crippen molar-refractivity contribution in [1.82, 2.24) is 15.2 Å². The number of rotatable bonds is 10. The highest BCUT2D eigenvalue weighted by Crippen LogP contribution is 2.31. The molecule has 1 amide bonds. The van der Waals surface area contributed by atoms with Crippen LogP contribution in [0.5, 0.6) is 0 Å². The molecule has 2 aromatic carbocycles. The van der Waals surface area contributed by atoms with Gasteiger partial charge < -0.3 is 5.32 Å². The third kappa shape index (κ3) is 6.91. The van der Waals surface area contributed by atoms with E-state index in [0.29, 0.717) is 23.2 Å². The van der Waals surface area contributed by atoms with E-state index < -0.39 is 15.9 Å². The number of hydrogen-bond acceptors (Lipinski definition) is 6. The van der Waals surface area contributed by atoms with Gasteiger partial charge in [0.1, 0.15) is 0 Å². The zero-order chi connectivity index (χ0) is 25.0. The minimum Gasteiger partial charge on any atom is -0.354 e. The third-order valence-electron chi connectivity index (χ3n) is 5.50. The van der Waals surface area contributed by atoms with Crippen LogP contribution in [0.3, 0.4) is 0 Å². The van der Waals surface area contributed by atoms with Crippen molar-refractivity contribution in [3.63, 3.8) is 0 Å². The van der Waals surface area contributed by atoms with Gasteiger partial charge in [-0.25, -0.2) is 18.6 Å². The SMILES string of the molecule is Cc1ncccc1CNS(=O)(=O)c1ccc(C(=O)NOCC2CC2)c(Nc2ccc(I)cc2Cl)c1. The fourth-order valence-electron chi connectivity index (χ4n) is 3.25. The average molecular weight is 627 g/mol. The number of halogens is 2. The van der Waals surface area contributed by atoms with Crippen molar-refractivity contribution in [2.24, 2.45) is 5.92 Å². The molecular weight excluding hydrogens is 603 g/mol. The minimum atomic E-state index is -3.88. The molecule has 184 valence electrons. The molecule has 1 aliphatic carbocycles. The lowest BCUT2D eigenvalue weighted by Crippen LogP contribution is -2.26. The topological polar surface area (TPSA) is 109 Å². The lowest BCUT2D eigenvalue weighted by molar-refractivity contribution is 0.0271. The first-order valence-corrected chi connectivity index (χ1v) is 13.9. The predicted molar refractivity (Wildman–Crippen MR) is 143 cm³/mol. The Morgan fingerprint density at radius 3 is 2.69 bits per heavy atom. The number of sulfonamides is 1. The Kier molecular flexibility index (Phi) is 8.27. The maximum atomic E-state index is 13.1. The van der Waals surface area contributed by atoms with E-state index in [4.69, 9.17) is 16.4 Å². The molecule has 0 atom stereocenters. The van der Waals surface area contributed by atoms with E-state index in [1.54, 1.807) is 24.4 Å². The molecule has 3 aromatic rings. The number of aryl methyl sites for hydroxylation is 1. The summed E-state index contributed by atoms with van der Waals surface area (Å²) in [5.74, 6) is -0.0155. The van der Waals surface area contributed by atoms with Crippen LogP contribution in [0.1, 0.15) is 34.5 Å². The van der Waals surface area contributed by atoms with E-state index in [1.165, 1.54) is 18.2 Å². The van der Waals surface area contributed by atoms with Crippen LogP contribution in [-0.2, 0) is 21.4 Å². The van der Waals surface area contributed by atoms with Gasteiger partial charge in [0.05, 0.1) is 33.5 Å². The van der Waals surface area contributed by atoms with E-state index >= 15 is 0 Å². The van der Waals surface area contributed by atoms with Gasteiger partial charge in [-0.1, -0.05) is 17.7 Å². The summed E-state index contributed by atoms with van der Waals surface area (Å²) < 4.78 is 29.7. The molecule has 0 spiro atoms. The second-order valence-electron chi connectivity index (χ2n) is 8.21. The average Bonchev–Trinajstić information content (AvgIpc) is 3.65. The Labute approximate surface area is 223 Å². The summed E-state index contributed by atoms with van der Waals surface area (Å²) in [5.41, 5.74) is 4.99. The van der Waals surface area contributed by atoms with Crippen molar-refractivity contribution in [3.05, 3.63) is 80.1 Å². The summed E-state index contributed by atoms with van der Waals surface area (Å²) in [7, 11) is -3.88. The van der Waals surface area contributed by atoms with Crippen molar-refractivity contribution in [3.8, 4) is 0 Å². The van der Waals surface area contributed by atoms with E-state index in [1.807, 2.05) is 19.1 Å². The zero-order valence-corrected chi connectivity index (χ0v) is 22.6. The smallest absolute Gasteiger partial charge is 0.276 e. The Bertz CT molecular complexity index is 1350. The van der Waals surface area contributed by atoms with Gasteiger partial charge in [-0.15, -0.1) is 0 Å². The maximum Gasteiger partial charge on any atom is 0.276 e. The lowest BCUT2D eigenvalue weighted by atomic mass is 10.1. The van der Waals surface area contributed by atoms with Crippen LogP contribution in [-0.4, -0.2) is 25.9 Å². The van der Waals surface area contributed by atoms with E-state index in [0.717, 1.165) is 27.7 Å². The molecule has 8 nitrogen and oxygen atoms in total. The van der Waals surface area contributed by atoms with Crippen LogP contribution < -0.4 is 15.5 Å². The van der Waals surface area contributed by atoms with Gasteiger partial charge in [0.15, 0.2) is 0 Å². The molecule has 1 aliphatic rings. The lowest BCUT2D eigenvalue weighted by Gasteiger charge is -2.16. The molecule has 11 heteroatoms. The van der Waals surface area contributed by atoms with E-state index in [9.17, 15) is 13.2 Å². The van der Waals surface area contributed by atoms with Crippen molar-refractivity contribution in [2.75, 3.05) is 11.9 Å². The highest BCUT2D eigenvalue weighted by atomic mass is 127. The molecule has 0 aliphatic heterocycles. The van der Waals surface area contributed by atoms with Crippen LogP contribution in [0.4, 0.5) is 11.4 Å². The fraction of sp³-hybridized carbons (Fsp3) is 0.250. The number of carbonyl (C=O) groups excluding carboxylic acids is 1. The maximum absolute atomic E-state index is 13.1. The van der Waals surface area contributed by atoms with Gasteiger partial charge in [0.2, 0.25) is 10.0 Å². The number of nitrogens with one attached hydrogen (secondary N) is 3.